The lowest BCUT2D eigenvalue weighted by Gasteiger charge is -2.08. The minimum absolute atomic E-state index is 0.0438. The molecule has 0 fully saturated rings. The number of hydrogen-bond acceptors (Lipinski definition) is 3. The van der Waals surface area contributed by atoms with Gasteiger partial charge < -0.3 is 10.1 Å². The Bertz CT molecular complexity index is 555. The van der Waals surface area contributed by atoms with Crippen molar-refractivity contribution in [3.8, 4) is 5.75 Å². The van der Waals surface area contributed by atoms with Crippen LogP contribution in [0.5, 0.6) is 5.75 Å². The van der Waals surface area contributed by atoms with E-state index in [2.05, 4.69) is 5.32 Å². The molecule has 0 spiro atoms. The SMILES string of the molecule is CSCCC(=O)Nc1ccc(OCc2ccccc2)cc1. The molecule has 0 bridgehead atoms. The Morgan fingerprint density at radius 2 is 1.81 bits per heavy atom. The van der Waals surface area contributed by atoms with Gasteiger partial charge in [0.2, 0.25) is 5.91 Å². The standard InChI is InChI=1S/C17H19NO2S/c1-21-12-11-17(19)18-15-7-9-16(10-8-15)20-13-14-5-3-2-4-6-14/h2-10H,11-13H2,1H3,(H,18,19). The largest absolute Gasteiger partial charge is 0.489 e. The lowest BCUT2D eigenvalue weighted by Crippen LogP contribution is -2.11. The second-order valence-electron chi connectivity index (χ2n) is 4.59. The van der Waals surface area contributed by atoms with Crippen LogP contribution in [0.1, 0.15) is 12.0 Å². The Balaban J connectivity index is 1.83. The third kappa shape index (κ3) is 5.52. The van der Waals surface area contributed by atoms with E-state index >= 15 is 0 Å². The lowest BCUT2D eigenvalue weighted by atomic mass is 10.2. The number of ether oxygens (including phenoxy) is 1. The fraction of sp³-hybridized carbons (Fsp3) is 0.235. The molecule has 110 valence electrons. The van der Waals surface area contributed by atoms with Gasteiger partial charge in [-0.25, -0.2) is 0 Å². The van der Waals surface area contributed by atoms with E-state index in [1.807, 2.05) is 60.9 Å². The highest BCUT2D eigenvalue weighted by Crippen LogP contribution is 2.17. The normalized spacial score (nSPS) is 10.1. The molecule has 21 heavy (non-hydrogen) atoms. The van der Waals surface area contributed by atoms with E-state index in [-0.39, 0.29) is 5.91 Å². The van der Waals surface area contributed by atoms with E-state index < -0.39 is 0 Å². The predicted molar refractivity (Wildman–Crippen MR) is 88.8 cm³/mol. The van der Waals surface area contributed by atoms with Gasteiger partial charge in [0.05, 0.1) is 0 Å². The summed E-state index contributed by atoms with van der Waals surface area (Å²) in [6, 6.07) is 17.5. The third-order valence-electron chi connectivity index (χ3n) is 2.92. The van der Waals surface area contributed by atoms with Crippen molar-refractivity contribution in [2.24, 2.45) is 0 Å². The molecule has 2 aromatic rings. The van der Waals surface area contributed by atoms with Crippen molar-refractivity contribution in [2.75, 3.05) is 17.3 Å². The number of benzene rings is 2. The Hall–Kier alpha value is -1.94. The Morgan fingerprint density at radius 1 is 1.10 bits per heavy atom. The molecule has 4 heteroatoms. The highest BCUT2D eigenvalue weighted by atomic mass is 32.2. The second-order valence-corrected chi connectivity index (χ2v) is 5.58. The van der Waals surface area contributed by atoms with Gasteiger partial charge in [-0.2, -0.15) is 11.8 Å². The zero-order valence-corrected chi connectivity index (χ0v) is 12.9. The zero-order valence-electron chi connectivity index (χ0n) is 12.0. The van der Waals surface area contributed by atoms with Gasteiger partial charge >= 0.3 is 0 Å². The Morgan fingerprint density at radius 3 is 2.48 bits per heavy atom. The minimum atomic E-state index is 0.0438. The van der Waals surface area contributed by atoms with Crippen LogP contribution in [0.4, 0.5) is 5.69 Å². The highest BCUT2D eigenvalue weighted by Gasteiger charge is 2.02. The predicted octanol–water partition coefficient (Wildman–Crippen LogP) is 3.96. The molecule has 0 heterocycles. The number of hydrogen-bond donors (Lipinski definition) is 1. The quantitative estimate of drug-likeness (QED) is 0.841. The fourth-order valence-corrected chi connectivity index (χ4v) is 2.18. The summed E-state index contributed by atoms with van der Waals surface area (Å²) in [5, 5.41) is 2.87. The highest BCUT2D eigenvalue weighted by molar-refractivity contribution is 7.98. The molecular weight excluding hydrogens is 282 g/mol. The molecule has 0 radical (unpaired) electrons. The van der Waals surface area contributed by atoms with Gasteiger partial charge in [-0.1, -0.05) is 30.3 Å². The van der Waals surface area contributed by atoms with Crippen molar-refractivity contribution < 1.29 is 9.53 Å². The minimum Gasteiger partial charge on any atom is -0.489 e. The third-order valence-corrected chi connectivity index (χ3v) is 3.53. The van der Waals surface area contributed by atoms with Crippen molar-refractivity contribution >= 4 is 23.4 Å². The lowest BCUT2D eigenvalue weighted by molar-refractivity contribution is -0.115. The Labute approximate surface area is 129 Å². The van der Waals surface area contributed by atoms with Gasteiger partial charge in [-0.3, -0.25) is 4.79 Å². The van der Waals surface area contributed by atoms with E-state index in [9.17, 15) is 4.79 Å². The maximum absolute atomic E-state index is 11.6. The molecule has 0 saturated carbocycles. The fourth-order valence-electron chi connectivity index (χ4n) is 1.79. The average molecular weight is 301 g/mol. The molecule has 0 unspecified atom stereocenters. The van der Waals surface area contributed by atoms with Crippen molar-refractivity contribution in [3.63, 3.8) is 0 Å². The van der Waals surface area contributed by atoms with Crippen molar-refractivity contribution in [2.45, 2.75) is 13.0 Å². The number of nitrogens with one attached hydrogen (secondary N) is 1. The van der Waals surface area contributed by atoms with Gasteiger partial charge in [0.15, 0.2) is 0 Å². The van der Waals surface area contributed by atoms with Crippen molar-refractivity contribution in [3.05, 3.63) is 60.2 Å². The summed E-state index contributed by atoms with van der Waals surface area (Å²) >= 11 is 1.67. The van der Waals surface area contributed by atoms with Crippen molar-refractivity contribution in [1.29, 1.82) is 0 Å². The summed E-state index contributed by atoms with van der Waals surface area (Å²) in [5.41, 5.74) is 1.93. The molecule has 0 atom stereocenters. The number of rotatable bonds is 7. The number of amides is 1. The molecule has 1 N–H and O–H groups in total. The van der Waals surface area contributed by atoms with Gasteiger partial charge in [0.25, 0.3) is 0 Å². The first-order chi connectivity index (χ1) is 10.3. The average Bonchev–Trinajstić information content (AvgIpc) is 2.53. The number of thioether (sulfide) groups is 1. The van der Waals surface area contributed by atoms with Crippen molar-refractivity contribution in [1.82, 2.24) is 0 Å². The molecule has 0 aliphatic carbocycles. The Kier molecular flexibility index (Phi) is 6.16. The summed E-state index contributed by atoms with van der Waals surface area (Å²) < 4.78 is 5.70. The summed E-state index contributed by atoms with van der Waals surface area (Å²) in [4.78, 5) is 11.6. The summed E-state index contributed by atoms with van der Waals surface area (Å²) in [5.74, 6) is 1.67. The summed E-state index contributed by atoms with van der Waals surface area (Å²) in [6.07, 6.45) is 2.53. The molecule has 3 nitrogen and oxygen atoms in total. The number of anilines is 1. The maximum Gasteiger partial charge on any atom is 0.225 e. The second kappa shape index (κ2) is 8.37. The van der Waals surface area contributed by atoms with Gasteiger partial charge in [-0.15, -0.1) is 0 Å². The van der Waals surface area contributed by atoms with Crippen LogP contribution in [0.25, 0.3) is 0 Å². The topological polar surface area (TPSA) is 38.3 Å². The summed E-state index contributed by atoms with van der Waals surface area (Å²) in [7, 11) is 0. The van der Waals surface area contributed by atoms with Crippen LogP contribution >= 0.6 is 11.8 Å². The van der Waals surface area contributed by atoms with Crippen LogP contribution in [0.15, 0.2) is 54.6 Å². The molecule has 2 aromatic carbocycles. The van der Waals surface area contributed by atoms with Crippen LogP contribution in [-0.4, -0.2) is 17.9 Å². The molecule has 0 aliphatic heterocycles. The number of carbonyl (C=O) groups excluding carboxylic acids is 1. The van der Waals surface area contributed by atoms with E-state index in [4.69, 9.17) is 4.74 Å². The molecule has 0 aliphatic rings. The molecule has 1 amide bonds. The molecule has 0 saturated heterocycles. The number of carbonyl (C=O) groups is 1. The maximum atomic E-state index is 11.6. The van der Waals surface area contributed by atoms with E-state index in [1.165, 1.54) is 0 Å². The van der Waals surface area contributed by atoms with Crippen LogP contribution in [-0.2, 0) is 11.4 Å². The van der Waals surface area contributed by atoms with Crippen LogP contribution < -0.4 is 10.1 Å². The van der Waals surface area contributed by atoms with Gasteiger partial charge in [0.1, 0.15) is 12.4 Å². The van der Waals surface area contributed by atoms with E-state index in [0.717, 1.165) is 22.8 Å². The molecule has 0 aromatic heterocycles. The van der Waals surface area contributed by atoms with Gasteiger partial charge in [0, 0.05) is 17.9 Å². The van der Waals surface area contributed by atoms with Crippen LogP contribution in [0.2, 0.25) is 0 Å². The zero-order chi connectivity index (χ0) is 14.9. The monoisotopic (exact) mass is 301 g/mol. The van der Waals surface area contributed by atoms with E-state index in [1.54, 1.807) is 11.8 Å². The first-order valence-corrected chi connectivity index (χ1v) is 8.23. The first-order valence-electron chi connectivity index (χ1n) is 6.83. The van der Waals surface area contributed by atoms with Crippen LogP contribution in [0, 0.1) is 0 Å². The molecular formula is C17H19NO2S. The summed E-state index contributed by atoms with van der Waals surface area (Å²) in [6.45, 7) is 0.542. The molecule has 2 rings (SSSR count). The first kappa shape index (κ1) is 15.4. The smallest absolute Gasteiger partial charge is 0.225 e. The van der Waals surface area contributed by atoms with E-state index in [0.29, 0.717) is 13.0 Å². The van der Waals surface area contributed by atoms with Crippen LogP contribution in [0.3, 0.4) is 0 Å². The van der Waals surface area contributed by atoms with Gasteiger partial charge in [-0.05, 0) is 36.1 Å².